The first-order chi connectivity index (χ1) is 7.99. The minimum absolute atomic E-state index is 0.112. The maximum Gasteiger partial charge on any atom is 0.257 e. The Balaban J connectivity index is 2.06. The monoisotopic (exact) mass is 259 g/mol. The van der Waals surface area contributed by atoms with E-state index in [1.807, 2.05) is 6.92 Å². The van der Waals surface area contributed by atoms with E-state index in [1.165, 1.54) is 6.20 Å². The fourth-order valence-corrected chi connectivity index (χ4v) is 3.17. The van der Waals surface area contributed by atoms with Crippen LogP contribution in [0.4, 0.5) is 0 Å². The molecule has 1 saturated heterocycles. The van der Waals surface area contributed by atoms with Crippen molar-refractivity contribution >= 4 is 10.0 Å². The third-order valence-corrected chi connectivity index (χ3v) is 4.45. The molecule has 1 aliphatic rings. The zero-order valence-electron chi connectivity index (χ0n) is 9.93. The van der Waals surface area contributed by atoms with E-state index in [0.29, 0.717) is 19.0 Å². The van der Waals surface area contributed by atoms with Gasteiger partial charge in [0.1, 0.15) is 5.82 Å². The van der Waals surface area contributed by atoms with Gasteiger partial charge in [-0.25, -0.2) is 18.1 Å². The quantitative estimate of drug-likeness (QED) is 0.821. The van der Waals surface area contributed by atoms with E-state index in [9.17, 15) is 8.42 Å². The third kappa shape index (κ3) is 2.85. The van der Waals surface area contributed by atoms with Crippen molar-refractivity contribution in [1.29, 1.82) is 0 Å². The molecule has 6 nitrogen and oxygen atoms in total. The lowest BCUT2D eigenvalue weighted by atomic mass is 10.0. The number of hydrogen-bond donors (Lipinski definition) is 2. The van der Waals surface area contributed by atoms with Gasteiger partial charge in [0.2, 0.25) is 0 Å². The van der Waals surface area contributed by atoms with Crippen LogP contribution < -0.4 is 4.72 Å². The van der Waals surface area contributed by atoms with Gasteiger partial charge < -0.3 is 9.72 Å². The maximum atomic E-state index is 12.0. The Bertz CT molecular complexity index is 477. The first kappa shape index (κ1) is 12.5. The summed E-state index contributed by atoms with van der Waals surface area (Å²) in [5.41, 5.74) is 0. The van der Waals surface area contributed by atoms with Gasteiger partial charge in [-0.15, -0.1) is 0 Å². The fraction of sp³-hybridized carbons (Fsp3) is 0.700. The highest BCUT2D eigenvalue weighted by Crippen LogP contribution is 2.18. The van der Waals surface area contributed by atoms with Gasteiger partial charge in [0.15, 0.2) is 5.03 Å². The summed E-state index contributed by atoms with van der Waals surface area (Å²) in [4.78, 5) is 6.61. The van der Waals surface area contributed by atoms with Crippen LogP contribution in [-0.2, 0) is 14.8 Å². The molecule has 2 heterocycles. The van der Waals surface area contributed by atoms with Crippen LogP contribution in [0, 0.1) is 12.8 Å². The summed E-state index contributed by atoms with van der Waals surface area (Å²) in [5.74, 6) is 0.830. The number of H-pyrrole nitrogens is 1. The second-order valence-corrected chi connectivity index (χ2v) is 6.05. The highest BCUT2D eigenvalue weighted by molar-refractivity contribution is 7.89. The van der Waals surface area contributed by atoms with Gasteiger partial charge in [-0.2, -0.15) is 0 Å². The predicted molar refractivity (Wildman–Crippen MR) is 62.0 cm³/mol. The smallest absolute Gasteiger partial charge is 0.257 e. The number of aryl methyl sites for hydroxylation is 1. The van der Waals surface area contributed by atoms with Crippen LogP contribution in [0.5, 0.6) is 0 Å². The van der Waals surface area contributed by atoms with E-state index < -0.39 is 10.0 Å². The minimum atomic E-state index is -3.50. The Labute approximate surface area is 101 Å². The van der Waals surface area contributed by atoms with E-state index in [0.717, 1.165) is 6.42 Å². The van der Waals surface area contributed by atoms with E-state index in [-0.39, 0.29) is 17.0 Å². The van der Waals surface area contributed by atoms with Crippen LogP contribution in [0.1, 0.15) is 19.2 Å². The van der Waals surface area contributed by atoms with Crippen LogP contribution in [-0.4, -0.2) is 37.6 Å². The molecule has 0 spiro atoms. The first-order valence-corrected chi connectivity index (χ1v) is 7.09. The second-order valence-electron chi connectivity index (χ2n) is 4.37. The number of aromatic amines is 1. The normalized spacial score (nSPS) is 22.8. The van der Waals surface area contributed by atoms with Crippen LogP contribution in [0.25, 0.3) is 0 Å². The van der Waals surface area contributed by atoms with Crippen molar-refractivity contribution in [3.63, 3.8) is 0 Å². The Hall–Kier alpha value is -0.920. The fourth-order valence-electron chi connectivity index (χ4n) is 1.89. The van der Waals surface area contributed by atoms with Crippen LogP contribution >= 0.6 is 0 Å². The largest absolute Gasteiger partial charge is 0.381 e. The molecule has 0 bridgehead atoms. The summed E-state index contributed by atoms with van der Waals surface area (Å²) in [6.45, 7) is 4.90. The zero-order valence-corrected chi connectivity index (χ0v) is 10.8. The molecule has 2 atom stereocenters. The number of aromatic nitrogens is 2. The molecule has 1 aromatic rings. The molecular weight excluding hydrogens is 242 g/mol. The Kier molecular flexibility index (Phi) is 3.50. The molecule has 1 aliphatic heterocycles. The molecule has 2 unspecified atom stereocenters. The van der Waals surface area contributed by atoms with Crippen LogP contribution in [0.2, 0.25) is 0 Å². The van der Waals surface area contributed by atoms with E-state index in [4.69, 9.17) is 4.74 Å². The average molecular weight is 259 g/mol. The van der Waals surface area contributed by atoms with E-state index in [2.05, 4.69) is 14.7 Å². The summed E-state index contributed by atoms with van der Waals surface area (Å²) in [5, 5.41) is 0.112. The molecule has 2 rings (SSSR count). The summed E-state index contributed by atoms with van der Waals surface area (Å²) >= 11 is 0. The van der Waals surface area contributed by atoms with Gasteiger partial charge in [-0.05, 0) is 20.3 Å². The van der Waals surface area contributed by atoms with Crippen molar-refractivity contribution in [2.45, 2.75) is 31.3 Å². The lowest BCUT2D eigenvalue weighted by Crippen LogP contribution is -2.38. The molecule has 0 amide bonds. The molecule has 0 aliphatic carbocycles. The van der Waals surface area contributed by atoms with E-state index >= 15 is 0 Å². The maximum absolute atomic E-state index is 12.0. The van der Waals surface area contributed by atoms with Crippen molar-refractivity contribution in [2.75, 3.05) is 13.2 Å². The van der Waals surface area contributed by atoms with Gasteiger partial charge in [0, 0.05) is 18.6 Å². The number of hydrogen-bond acceptors (Lipinski definition) is 4. The van der Waals surface area contributed by atoms with Gasteiger partial charge in [0.05, 0.1) is 12.8 Å². The predicted octanol–water partition coefficient (Wildman–Crippen LogP) is 0.421. The SMILES string of the molecule is Cc1ncc(S(=O)(=O)NC(C)C2CCOC2)[nH]1. The molecule has 0 aromatic carbocycles. The number of nitrogens with zero attached hydrogens (tertiary/aromatic N) is 1. The van der Waals surface area contributed by atoms with Crippen molar-refractivity contribution in [2.24, 2.45) is 5.92 Å². The number of nitrogens with one attached hydrogen (secondary N) is 2. The summed E-state index contributed by atoms with van der Waals surface area (Å²) in [6, 6.07) is -0.133. The van der Waals surface area contributed by atoms with Gasteiger partial charge in [-0.1, -0.05) is 0 Å². The molecule has 1 aromatic heterocycles. The minimum Gasteiger partial charge on any atom is -0.381 e. The molecule has 7 heteroatoms. The van der Waals surface area contributed by atoms with E-state index in [1.54, 1.807) is 6.92 Å². The molecule has 2 N–H and O–H groups in total. The Morgan fingerprint density at radius 2 is 2.41 bits per heavy atom. The van der Waals surface area contributed by atoms with Gasteiger partial charge >= 0.3 is 0 Å². The van der Waals surface area contributed by atoms with Crippen molar-refractivity contribution < 1.29 is 13.2 Å². The van der Waals surface area contributed by atoms with Gasteiger partial charge in [0.25, 0.3) is 10.0 Å². The number of rotatable bonds is 4. The van der Waals surface area contributed by atoms with Crippen molar-refractivity contribution in [3.8, 4) is 0 Å². The number of ether oxygens (including phenoxy) is 1. The van der Waals surface area contributed by atoms with Crippen molar-refractivity contribution in [1.82, 2.24) is 14.7 Å². The van der Waals surface area contributed by atoms with Crippen LogP contribution in [0.15, 0.2) is 11.2 Å². The first-order valence-electron chi connectivity index (χ1n) is 5.61. The second kappa shape index (κ2) is 4.75. The Morgan fingerprint density at radius 3 is 2.94 bits per heavy atom. The number of imidazole rings is 1. The average Bonchev–Trinajstić information content (AvgIpc) is 2.86. The topological polar surface area (TPSA) is 84.1 Å². The zero-order chi connectivity index (χ0) is 12.5. The third-order valence-electron chi connectivity index (χ3n) is 2.98. The van der Waals surface area contributed by atoms with Gasteiger partial charge in [-0.3, -0.25) is 0 Å². The molecule has 96 valence electrons. The molecule has 0 radical (unpaired) electrons. The Morgan fingerprint density at radius 1 is 1.65 bits per heavy atom. The summed E-state index contributed by atoms with van der Waals surface area (Å²) < 4.78 is 31.9. The highest BCUT2D eigenvalue weighted by atomic mass is 32.2. The number of sulfonamides is 1. The van der Waals surface area contributed by atoms with Crippen molar-refractivity contribution in [3.05, 3.63) is 12.0 Å². The highest BCUT2D eigenvalue weighted by Gasteiger charge is 2.27. The standard InChI is InChI=1S/C10H17N3O3S/c1-7(9-3-4-16-6-9)13-17(14,15)10-5-11-8(2)12-10/h5,7,9,13H,3-4,6H2,1-2H3,(H,11,12). The molecule has 17 heavy (non-hydrogen) atoms. The molecule has 0 saturated carbocycles. The molecule has 1 fully saturated rings. The lowest BCUT2D eigenvalue weighted by Gasteiger charge is -2.18. The van der Waals surface area contributed by atoms with Crippen LogP contribution in [0.3, 0.4) is 0 Å². The summed E-state index contributed by atoms with van der Waals surface area (Å²) in [7, 11) is -3.50. The lowest BCUT2D eigenvalue weighted by molar-refractivity contribution is 0.180. The summed E-state index contributed by atoms with van der Waals surface area (Å²) in [6.07, 6.45) is 2.22. The molecular formula is C10H17N3O3S.